The Morgan fingerprint density at radius 3 is 2.86 bits per heavy atom. The van der Waals surface area contributed by atoms with Gasteiger partial charge in [0, 0.05) is 10.9 Å². The van der Waals surface area contributed by atoms with E-state index in [4.69, 9.17) is 16.4 Å². The minimum Gasteiger partial charge on any atom is -0.417 e. The Hall–Kier alpha value is -2.04. The molecule has 0 bridgehead atoms. The van der Waals surface area contributed by atoms with Crippen LogP contribution in [0.15, 0.2) is 48.5 Å². The number of para-hydroxylation sites is 1. The van der Waals surface area contributed by atoms with E-state index in [1.807, 2.05) is 35.1 Å². The average Bonchev–Trinajstić information content (AvgIpc) is 3.05. The maximum Gasteiger partial charge on any atom is 0.184 e. The quantitative estimate of drug-likeness (QED) is 0.539. The molecule has 0 aliphatic rings. The molecule has 4 aromatic rings. The second-order valence-corrected chi connectivity index (χ2v) is 6.33. The normalized spacial score (nSPS) is 11.3. The fourth-order valence-corrected chi connectivity index (χ4v) is 3.65. The van der Waals surface area contributed by atoms with Crippen LogP contribution in [0.3, 0.4) is 0 Å². The fraction of sp³-hybridized carbons (Fsp3) is 0.0625. The van der Waals surface area contributed by atoms with Crippen LogP contribution < -0.4 is 4.84 Å². The standard InChI is InChI=1S/C16H11ClN2OS/c1-20-19-13-5-3-2-4-10(13)8-14(19)11-6-7-12-15(9-11)21-16(17)18-12/h2-9H,1H3. The summed E-state index contributed by atoms with van der Waals surface area (Å²) in [5.41, 5.74) is 4.08. The van der Waals surface area contributed by atoms with Gasteiger partial charge in [-0.2, -0.15) is 4.73 Å². The number of aromatic nitrogens is 2. The predicted molar refractivity (Wildman–Crippen MR) is 88.1 cm³/mol. The molecular weight excluding hydrogens is 304 g/mol. The van der Waals surface area contributed by atoms with Crippen LogP contribution in [0.5, 0.6) is 0 Å². The lowest BCUT2D eigenvalue weighted by atomic mass is 10.1. The smallest absolute Gasteiger partial charge is 0.184 e. The monoisotopic (exact) mass is 314 g/mol. The fourth-order valence-electron chi connectivity index (χ4n) is 2.58. The number of rotatable bonds is 2. The van der Waals surface area contributed by atoms with Crippen molar-refractivity contribution in [2.45, 2.75) is 0 Å². The number of nitrogens with zero attached hydrogens (tertiary/aromatic N) is 2. The highest BCUT2D eigenvalue weighted by Crippen LogP contribution is 2.32. The summed E-state index contributed by atoms with van der Waals surface area (Å²) < 4.78 is 3.49. The number of hydrogen-bond donors (Lipinski definition) is 0. The summed E-state index contributed by atoms with van der Waals surface area (Å²) in [5, 5.41) is 1.15. The van der Waals surface area contributed by atoms with Crippen molar-refractivity contribution in [2.75, 3.05) is 7.11 Å². The third-order valence-electron chi connectivity index (χ3n) is 3.51. The topological polar surface area (TPSA) is 27.1 Å². The number of hydrogen-bond acceptors (Lipinski definition) is 3. The van der Waals surface area contributed by atoms with Gasteiger partial charge in [-0.05, 0) is 24.3 Å². The molecule has 21 heavy (non-hydrogen) atoms. The van der Waals surface area contributed by atoms with Crippen LogP contribution in [0.2, 0.25) is 4.47 Å². The van der Waals surface area contributed by atoms with E-state index >= 15 is 0 Å². The Bertz CT molecular complexity index is 957. The van der Waals surface area contributed by atoms with Crippen LogP contribution in [0, 0.1) is 0 Å². The molecule has 0 atom stereocenters. The molecule has 5 heteroatoms. The van der Waals surface area contributed by atoms with Crippen molar-refractivity contribution in [1.29, 1.82) is 0 Å². The molecule has 4 rings (SSSR count). The lowest BCUT2D eigenvalue weighted by molar-refractivity contribution is 0.183. The summed E-state index contributed by atoms with van der Waals surface area (Å²) in [6.45, 7) is 0. The van der Waals surface area contributed by atoms with E-state index < -0.39 is 0 Å². The summed E-state index contributed by atoms with van der Waals surface area (Å²) >= 11 is 7.47. The van der Waals surface area contributed by atoms with Crippen LogP contribution in [0.1, 0.15) is 0 Å². The highest BCUT2D eigenvalue weighted by atomic mass is 35.5. The lowest BCUT2D eigenvalue weighted by Crippen LogP contribution is -2.06. The molecule has 0 amide bonds. The molecule has 0 aliphatic heterocycles. The molecule has 0 saturated carbocycles. The molecule has 0 N–H and O–H groups in total. The largest absolute Gasteiger partial charge is 0.417 e. The summed E-state index contributed by atoms with van der Waals surface area (Å²) in [5.74, 6) is 0. The zero-order chi connectivity index (χ0) is 14.4. The van der Waals surface area contributed by atoms with Gasteiger partial charge in [0.15, 0.2) is 4.47 Å². The van der Waals surface area contributed by atoms with E-state index in [1.54, 1.807) is 7.11 Å². The van der Waals surface area contributed by atoms with Crippen molar-refractivity contribution < 1.29 is 4.84 Å². The van der Waals surface area contributed by atoms with Gasteiger partial charge >= 0.3 is 0 Å². The molecular formula is C16H11ClN2OS. The van der Waals surface area contributed by atoms with Gasteiger partial charge in [0.2, 0.25) is 0 Å². The van der Waals surface area contributed by atoms with Crippen molar-refractivity contribution in [2.24, 2.45) is 0 Å². The Labute approximate surface area is 130 Å². The second-order valence-electron chi connectivity index (χ2n) is 4.71. The van der Waals surface area contributed by atoms with Gasteiger partial charge in [0.25, 0.3) is 0 Å². The van der Waals surface area contributed by atoms with E-state index in [9.17, 15) is 0 Å². The zero-order valence-electron chi connectivity index (χ0n) is 11.2. The molecule has 0 spiro atoms. The SMILES string of the molecule is COn1c(-c2ccc3nc(Cl)sc3c2)cc2ccccc21. The minimum atomic E-state index is 0.564. The van der Waals surface area contributed by atoms with Crippen molar-refractivity contribution in [3.05, 3.63) is 53.0 Å². The average molecular weight is 315 g/mol. The molecule has 0 unspecified atom stereocenters. The number of benzene rings is 2. The Morgan fingerprint density at radius 1 is 1.14 bits per heavy atom. The van der Waals surface area contributed by atoms with Crippen molar-refractivity contribution in [3.8, 4) is 11.3 Å². The molecule has 2 heterocycles. The first-order chi connectivity index (χ1) is 10.3. The van der Waals surface area contributed by atoms with Crippen LogP contribution in [0.4, 0.5) is 0 Å². The third-order valence-corrected chi connectivity index (χ3v) is 4.63. The second kappa shape index (κ2) is 4.76. The molecule has 104 valence electrons. The molecule has 2 aromatic heterocycles. The van der Waals surface area contributed by atoms with Crippen LogP contribution >= 0.6 is 22.9 Å². The summed E-state index contributed by atoms with van der Waals surface area (Å²) in [6, 6.07) is 16.4. The molecule has 0 radical (unpaired) electrons. The summed E-state index contributed by atoms with van der Waals surface area (Å²) in [6.07, 6.45) is 0. The number of thiazole rings is 1. The minimum absolute atomic E-state index is 0.564. The van der Waals surface area contributed by atoms with E-state index in [0.29, 0.717) is 4.47 Å². The first kappa shape index (κ1) is 12.7. The molecule has 0 fully saturated rings. The van der Waals surface area contributed by atoms with Crippen molar-refractivity contribution in [3.63, 3.8) is 0 Å². The van der Waals surface area contributed by atoms with Gasteiger partial charge in [0.05, 0.1) is 21.4 Å². The highest BCUT2D eigenvalue weighted by Gasteiger charge is 2.12. The van der Waals surface area contributed by atoms with Crippen molar-refractivity contribution in [1.82, 2.24) is 9.71 Å². The Kier molecular flexibility index (Phi) is 2.87. The van der Waals surface area contributed by atoms with E-state index in [1.165, 1.54) is 11.3 Å². The van der Waals surface area contributed by atoms with Gasteiger partial charge < -0.3 is 4.84 Å². The first-order valence-electron chi connectivity index (χ1n) is 6.48. The maximum atomic E-state index is 5.98. The molecule has 0 aliphatic carbocycles. The molecule has 0 saturated heterocycles. The number of fused-ring (bicyclic) bond motifs is 2. The Morgan fingerprint density at radius 2 is 2.00 bits per heavy atom. The van der Waals surface area contributed by atoms with Crippen LogP contribution in [-0.2, 0) is 0 Å². The predicted octanol–water partition coefficient (Wildman–Crippen LogP) is 4.63. The van der Waals surface area contributed by atoms with E-state index in [-0.39, 0.29) is 0 Å². The third kappa shape index (κ3) is 1.99. The lowest BCUT2D eigenvalue weighted by Gasteiger charge is -2.08. The van der Waals surface area contributed by atoms with Gasteiger partial charge in [-0.15, -0.1) is 11.3 Å². The van der Waals surface area contributed by atoms with Gasteiger partial charge in [-0.1, -0.05) is 35.9 Å². The molecule has 3 nitrogen and oxygen atoms in total. The maximum absolute atomic E-state index is 5.98. The summed E-state index contributed by atoms with van der Waals surface area (Å²) in [7, 11) is 1.68. The van der Waals surface area contributed by atoms with Crippen LogP contribution in [0.25, 0.3) is 32.4 Å². The highest BCUT2D eigenvalue weighted by molar-refractivity contribution is 7.22. The van der Waals surface area contributed by atoms with Crippen LogP contribution in [-0.4, -0.2) is 16.8 Å². The number of halogens is 1. The van der Waals surface area contributed by atoms with Gasteiger partial charge in [-0.25, -0.2) is 4.98 Å². The van der Waals surface area contributed by atoms with Crippen molar-refractivity contribution >= 4 is 44.1 Å². The first-order valence-corrected chi connectivity index (χ1v) is 7.67. The zero-order valence-corrected chi connectivity index (χ0v) is 12.8. The van der Waals surface area contributed by atoms with Gasteiger partial charge in [-0.3, -0.25) is 0 Å². The summed E-state index contributed by atoms with van der Waals surface area (Å²) in [4.78, 5) is 9.83. The molecule has 2 aromatic carbocycles. The van der Waals surface area contributed by atoms with E-state index in [0.717, 1.165) is 32.4 Å². The van der Waals surface area contributed by atoms with Gasteiger partial charge in [0.1, 0.15) is 7.11 Å². The Balaban J connectivity index is 1.98. The van der Waals surface area contributed by atoms with E-state index in [2.05, 4.69) is 23.2 Å².